The molecule has 4 bridgehead atoms. The Labute approximate surface area is 205 Å². The van der Waals surface area contributed by atoms with Crippen molar-refractivity contribution in [2.24, 2.45) is 0 Å². The van der Waals surface area contributed by atoms with Gasteiger partial charge in [-0.25, -0.2) is 0 Å². The molecule has 35 heavy (non-hydrogen) atoms. The predicted molar refractivity (Wildman–Crippen MR) is 130 cm³/mol. The molecule has 2 fully saturated rings. The van der Waals surface area contributed by atoms with Crippen molar-refractivity contribution in [1.82, 2.24) is 15.5 Å². The normalized spacial score (nSPS) is 30.0. The van der Waals surface area contributed by atoms with Crippen molar-refractivity contribution >= 4 is 11.8 Å². The molecule has 0 aromatic heterocycles. The predicted octanol–water partition coefficient (Wildman–Crippen LogP) is 1.87. The molecule has 5 atom stereocenters. The molecule has 0 aliphatic carbocycles. The maximum Gasteiger partial charge on any atom is 0.255 e. The number of nitrogens with one attached hydrogen (secondary N) is 2. The van der Waals surface area contributed by atoms with Crippen molar-refractivity contribution in [2.75, 3.05) is 19.7 Å². The topological polar surface area (TPSA) is 100 Å². The molecule has 8 heteroatoms. The highest BCUT2D eigenvalue weighted by Crippen LogP contribution is 2.26. The van der Waals surface area contributed by atoms with Gasteiger partial charge in [0, 0.05) is 32.1 Å². The van der Waals surface area contributed by atoms with Crippen molar-refractivity contribution in [3.8, 4) is 5.75 Å². The van der Waals surface area contributed by atoms with Crippen LogP contribution < -0.4 is 15.4 Å². The lowest BCUT2D eigenvalue weighted by atomic mass is 9.99. The molecule has 0 unspecified atom stereocenters. The molecule has 3 aliphatic rings. The zero-order chi connectivity index (χ0) is 24.2. The molecule has 0 spiro atoms. The fraction of sp³-hybridized carbons (Fsp3) is 0.481. The molecule has 2 aromatic rings. The molecule has 2 saturated heterocycles. The summed E-state index contributed by atoms with van der Waals surface area (Å²) in [6.07, 6.45) is 1.37. The quantitative estimate of drug-likeness (QED) is 0.608. The van der Waals surface area contributed by atoms with Gasteiger partial charge in [0.25, 0.3) is 5.91 Å². The lowest BCUT2D eigenvalue weighted by Crippen LogP contribution is -2.50. The Kier molecular flexibility index (Phi) is 7.32. The van der Waals surface area contributed by atoms with Crippen LogP contribution in [0, 0.1) is 0 Å². The van der Waals surface area contributed by atoms with Crippen LogP contribution >= 0.6 is 0 Å². The van der Waals surface area contributed by atoms with E-state index in [4.69, 9.17) is 9.47 Å². The molecule has 3 aliphatic heterocycles. The van der Waals surface area contributed by atoms with Crippen LogP contribution in [0.4, 0.5) is 0 Å². The first-order chi connectivity index (χ1) is 17.1. The van der Waals surface area contributed by atoms with Gasteiger partial charge < -0.3 is 25.2 Å². The Morgan fingerprint density at radius 3 is 2.66 bits per heavy atom. The van der Waals surface area contributed by atoms with E-state index in [9.17, 15) is 14.7 Å². The summed E-state index contributed by atoms with van der Waals surface area (Å²) in [5, 5.41) is 16.6. The van der Waals surface area contributed by atoms with Crippen LogP contribution in [0.1, 0.15) is 41.6 Å². The highest BCUT2D eigenvalue weighted by molar-refractivity contribution is 5.97. The largest absolute Gasteiger partial charge is 0.493 e. The first kappa shape index (κ1) is 23.8. The summed E-state index contributed by atoms with van der Waals surface area (Å²) >= 11 is 0. The van der Waals surface area contributed by atoms with Gasteiger partial charge in [-0.15, -0.1) is 0 Å². The molecule has 2 amide bonds. The van der Waals surface area contributed by atoms with Crippen LogP contribution in [-0.4, -0.2) is 71.9 Å². The number of likely N-dealkylation sites (tertiary alicyclic amines) is 1. The van der Waals surface area contributed by atoms with E-state index in [0.29, 0.717) is 50.3 Å². The van der Waals surface area contributed by atoms with E-state index in [1.54, 1.807) is 12.1 Å². The first-order valence-electron chi connectivity index (χ1n) is 12.5. The van der Waals surface area contributed by atoms with Gasteiger partial charge in [-0.05, 0) is 37.0 Å². The Hall–Kier alpha value is -2.94. The number of para-hydroxylation sites is 1. The Balaban J connectivity index is 1.39. The Morgan fingerprint density at radius 2 is 1.80 bits per heavy atom. The average Bonchev–Trinajstić information content (AvgIpc) is 3.26. The summed E-state index contributed by atoms with van der Waals surface area (Å²) in [7, 11) is 0. The molecule has 3 heterocycles. The maximum absolute atomic E-state index is 13.3. The van der Waals surface area contributed by atoms with Gasteiger partial charge in [0.1, 0.15) is 11.9 Å². The van der Waals surface area contributed by atoms with Crippen LogP contribution in [0.5, 0.6) is 5.75 Å². The smallest absolute Gasteiger partial charge is 0.255 e. The molecule has 2 aromatic carbocycles. The molecule has 0 radical (unpaired) electrons. The van der Waals surface area contributed by atoms with E-state index in [1.807, 2.05) is 42.5 Å². The van der Waals surface area contributed by atoms with Gasteiger partial charge >= 0.3 is 0 Å². The molecule has 0 saturated carbocycles. The summed E-state index contributed by atoms with van der Waals surface area (Å²) in [5.74, 6) is 0.236. The molecule has 8 nitrogen and oxygen atoms in total. The van der Waals surface area contributed by atoms with Crippen molar-refractivity contribution < 1.29 is 24.2 Å². The second-order valence-corrected chi connectivity index (χ2v) is 9.66. The number of aliphatic hydroxyl groups excluding tert-OH is 1. The number of carbonyl (C=O) groups is 2. The van der Waals surface area contributed by atoms with Crippen molar-refractivity contribution in [2.45, 2.75) is 62.6 Å². The standard InChI is InChI=1S/C27H33N3O5/c31-23-11-10-20-12-13-34-24-9-5-4-8-21(24)26(32)29-19-14-22(27(33)28-15-25(23)35-20)30(17-19)16-18-6-2-1-3-7-18/h1-9,19-20,22-23,25,31H,10-17H2,(H,28,33)(H,29,32)/t19-,20-,22-,23-,25+/m0/s1. The van der Waals surface area contributed by atoms with Gasteiger partial charge in [-0.2, -0.15) is 0 Å². The van der Waals surface area contributed by atoms with E-state index in [0.717, 1.165) is 12.0 Å². The van der Waals surface area contributed by atoms with Crippen molar-refractivity contribution in [3.05, 3.63) is 65.7 Å². The third kappa shape index (κ3) is 5.66. The summed E-state index contributed by atoms with van der Waals surface area (Å²) in [6.45, 7) is 1.83. The minimum Gasteiger partial charge on any atom is -0.493 e. The van der Waals surface area contributed by atoms with E-state index in [1.165, 1.54) is 0 Å². The van der Waals surface area contributed by atoms with E-state index < -0.39 is 18.2 Å². The Bertz CT molecular complexity index is 1030. The number of ether oxygens (including phenoxy) is 2. The monoisotopic (exact) mass is 479 g/mol. The molecular formula is C27H33N3O5. The number of amides is 2. The second kappa shape index (κ2) is 10.8. The van der Waals surface area contributed by atoms with Crippen LogP contribution in [0.2, 0.25) is 0 Å². The molecule has 186 valence electrons. The van der Waals surface area contributed by atoms with E-state index >= 15 is 0 Å². The summed E-state index contributed by atoms with van der Waals surface area (Å²) in [6, 6.07) is 16.7. The first-order valence-corrected chi connectivity index (χ1v) is 12.5. The summed E-state index contributed by atoms with van der Waals surface area (Å²) < 4.78 is 12.1. The lowest BCUT2D eigenvalue weighted by Gasteiger charge is -2.34. The van der Waals surface area contributed by atoms with Gasteiger partial charge in [-0.1, -0.05) is 42.5 Å². The number of carbonyl (C=O) groups excluding carboxylic acids is 2. The number of nitrogens with zero attached hydrogens (tertiary/aromatic N) is 1. The maximum atomic E-state index is 13.3. The van der Waals surface area contributed by atoms with Crippen molar-refractivity contribution in [1.29, 1.82) is 0 Å². The number of hydrogen-bond donors (Lipinski definition) is 3. The SMILES string of the molecule is O=C1N[C@H]2C[C@@H](C(=O)NC[C@H]3O[C@H](CCOc4ccccc41)CC[C@@H]3O)N(Cc1ccccc1)C2. The van der Waals surface area contributed by atoms with Gasteiger partial charge in [0.05, 0.1) is 30.4 Å². The molecular weight excluding hydrogens is 446 g/mol. The van der Waals surface area contributed by atoms with Gasteiger partial charge in [-0.3, -0.25) is 14.5 Å². The van der Waals surface area contributed by atoms with Crippen LogP contribution in [0.3, 0.4) is 0 Å². The third-order valence-electron chi connectivity index (χ3n) is 7.16. The van der Waals surface area contributed by atoms with E-state index in [2.05, 4.69) is 15.5 Å². The zero-order valence-corrected chi connectivity index (χ0v) is 19.8. The fourth-order valence-electron chi connectivity index (χ4n) is 5.28. The Morgan fingerprint density at radius 1 is 1.00 bits per heavy atom. The average molecular weight is 480 g/mol. The second-order valence-electron chi connectivity index (χ2n) is 9.66. The van der Waals surface area contributed by atoms with Gasteiger partial charge in [0.2, 0.25) is 5.91 Å². The van der Waals surface area contributed by atoms with Crippen LogP contribution in [0.15, 0.2) is 54.6 Å². The fourth-order valence-corrected chi connectivity index (χ4v) is 5.28. The number of aliphatic hydroxyl groups is 1. The van der Waals surface area contributed by atoms with E-state index in [-0.39, 0.29) is 30.5 Å². The van der Waals surface area contributed by atoms with Crippen molar-refractivity contribution in [3.63, 3.8) is 0 Å². The highest BCUT2D eigenvalue weighted by Gasteiger charge is 2.39. The highest BCUT2D eigenvalue weighted by atomic mass is 16.5. The van der Waals surface area contributed by atoms with Crippen LogP contribution in [0.25, 0.3) is 0 Å². The minimum atomic E-state index is -0.608. The number of hydrogen-bond acceptors (Lipinski definition) is 6. The zero-order valence-electron chi connectivity index (χ0n) is 19.8. The molecule has 5 rings (SSSR count). The van der Waals surface area contributed by atoms with Crippen LogP contribution in [-0.2, 0) is 16.1 Å². The number of fused-ring (bicyclic) bond motifs is 5. The number of benzene rings is 2. The molecule has 3 N–H and O–H groups in total. The lowest BCUT2D eigenvalue weighted by molar-refractivity contribution is -0.133. The van der Waals surface area contributed by atoms with Gasteiger partial charge in [0.15, 0.2) is 0 Å². The number of rotatable bonds is 2. The summed E-state index contributed by atoms with van der Waals surface area (Å²) in [5.41, 5.74) is 1.59. The summed E-state index contributed by atoms with van der Waals surface area (Å²) in [4.78, 5) is 28.6. The third-order valence-corrected chi connectivity index (χ3v) is 7.16. The minimum absolute atomic E-state index is 0.0698.